The Bertz CT molecular complexity index is 400. The first kappa shape index (κ1) is 11.0. The first-order valence-electron chi connectivity index (χ1n) is 4.43. The van der Waals surface area contributed by atoms with Crippen LogP contribution in [0.5, 0.6) is 0 Å². The molecule has 5 N–H and O–H groups in total. The van der Waals surface area contributed by atoms with Gasteiger partial charge in [0.15, 0.2) is 0 Å². The third kappa shape index (κ3) is 4.12. The van der Waals surface area contributed by atoms with E-state index in [1.165, 1.54) is 6.07 Å². The Labute approximate surface area is 86.1 Å². The van der Waals surface area contributed by atoms with E-state index >= 15 is 0 Å². The first-order chi connectivity index (χ1) is 7.08. The molecule has 2 amide bonds. The number of aromatic nitrogens is 2. The summed E-state index contributed by atoms with van der Waals surface area (Å²) in [4.78, 5) is 27.9. The van der Waals surface area contributed by atoms with E-state index in [2.05, 4.69) is 20.6 Å². The quantitative estimate of drug-likeness (QED) is 0.486. The number of aromatic amines is 1. The van der Waals surface area contributed by atoms with Crippen LogP contribution in [0.15, 0.2) is 10.9 Å². The number of urea groups is 1. The van der Waals surface area contributed by atoms with E-state index in [0.29, 0.717) is 24.7 Å². The number of primary amides is 1. The zero-order valence-electron chi connectivity index (χ0n) is 8.33. The number of anilines is 1. The van der Waals surface area contributed by atoms with Crippen LogP contribution in [0.25, 0.3) is 0 Å². The Morgan fingerprint density at radius 1 is 1.60 bits per heavy atom. The minimum absolute atomic E-state index is 0.215. The highest BCUT2D eigenvalue weighted by molar-refractivity contribution is 5.71. The second-order valence-corrected chi connectivity index (χ2v) is 2.93. The van der Waals surface area contributed by atoms with Crippen LogP contribution in [0.4, 0.5) is 10.6 Å². The van der Waals surface area contributed by atoms with Crippen molar-refractivity contribution in [1.82, 2.24) is 15.3 Å². The lowest BCUT2D eigenvalue weighted by atomic mass is 10.5. The number of carbonyl (C=O) groups is 1. The molecule has 0 aliphatic carbocycles. The van der Waals surface area contributed by atoms with Gasteiger partial charge in [-0.15, -0.1) is 0 Å². The van der Waals surface area contributed by atoms with Gasteiger partial charge in [0.2, 0.25) is 0 Å². The van der Waals surface area contributed by atoms with Crippen LogP contribution in [-0.2, 0) is 0 Å². The second kappa shape index (κ2) is 4.99. The van der Waals surface area contributed by atoms with Gasteiger partial charge in [-0.2, -0.15) is 0 Å². The number of carbonyl (C=O) groups excluding carboxylic acids is 1. The van der Waals surface area contributed by atoms with Crippen LogP contribution in [0.2, 0.25) is 0 Å². The predicted octanol–water partition coefficient (Wildman–Crippen LogP) is -0.841. The lowest BCUT2D eigenvalue weighted by Gasteiger charge is -2.05. The molecule has 1 aromatic heterocycles. The van der Waals surface area contributed by atoms with E-state index in [0.717, 1.165) is 0 Å². The maximum absolute atomic E-state index is 11.0. The summed E-state index contributed by atoms with van der Waals surface area (Å²) in [5.74, 6) is 1.01. The van der Waals surface area contributed by atoms with Gasteiger partial charge in [-0.05, 0) is 6.92 Å². The molecule has 0 radical (unpaired) electrons. The average molecular weight is 211 g/mol. The van der Waals surface area contributed by atoms with E-state index in [1.54, 1.807) is 6.92 Å². The van der Waals surface area contributed by atoms with Crippen LogP contribution in [-0.4, -0.2) is 29.1 Å². The topological polar surface area (TPSA) is 113 Å². The zero-order chi connectivity index (χ0) is 11.3. The summed E-state index contributed by atoms with van der Waals surface area (Å²) in [6.07, 6.45) is 0. The van der Waals surface area contributed by atoms with Gasteiger partial charge in [0, 0.05) is 19.2 Å². The number of rotatable bonds is 4. The summed E-state index contributed by atoms with van der Waals surface area (Å²) >= 11 is 0. The standard InChI is InChI=1S/C8H13N5O2/c1-5-12-6(4-7(14)13-5)10-2-3-11-8(9)15/h4H,2-3H2,1H3,(H3,9,11,15)(H2,10,12,13,14). The van der Waals surface area contributed by atoms with Gasteiger partial charge in [-0.25, -0.2) is 9.78 Å². The number of nitrogens with two attached hydrogens (primary N) is 1. The molecule has 1 rings (SSSR count). The van der Waals surface area contributed by atoms with Crippen LogP contribution in [0.1, 0.15) is 5.82 Å². The van der Waals surface area contributed by atoms with Gasteiger partial charge in [-0.3, -0.25) is 4.79 Å². The third-order valence-electron chi connectivity index (χ3n) is 1.59. The van der Waals surface area contributed by atoms with Crippen molar-refractivity contribution >= 4 is 11.8 Å². The fraction of sp³-hybridized carbons (Fsp3) is 0.375. The molecule has 82 valence electrons. The van der Waals surface area contributed by atoms with Crippen molar-refractivity contribution in [1.29, 1.82) is 0 Å². The van der Waals surface area contributed by atoms with Crippen LogP contribution >= 0.6 is 0 Å². The van der Waals surface area contributed by atoms with E-state index < -0.39 is 6.03 Å². The highest BCUT2D eigenvalue weighted by atomic mass is 16.2. The predicted molar refractivity (Wildman–Crippen MR) is 55.7 cm³/mol. The summed E-state index contributed by atoms with van der Waals surface area (Å²) in [5.41, 5.74) is 4.66. The lowest BCUT2D eigenvalue weighted by molar-refractivity contribution is 0.249. The van der Waals surface area contributed by atoms with E-state index in [9.17, 15) is 9.59 Å². The molecule has 0 saturated heterocycles. The number of nitrogens with one attached hydrogen (secondary N) is 3. The summed E-state index contributed by atoms with van der Waals surface area (Å²) in [6, 6.07) is 0.768. The summed E-state index contributed by atoms with van der Waals surface area (Å²) < 4.78 is 0. The van der Waals surface area contributed by atoms with Gasteiger partial charge >= 0.3 is 6.03 Å². The van der Waals surface area contributed by atoms with Gasteiger partial charge in [0.1, 0.15) is 11.6 Å². The second-order valence-electron chi connectivity index (χ2n) is 2.93. The summed E-state index contributed by atoms with van der Waals surface area (Å²) in [7, 11) is 0. The largest absolute Gasteiger partial charge is 0.368 e. The molecular formula is C8H13N5O2. The highest BCUT2D eigenvalue weighted by Crippen LogP contribution is 1.95. The maximum atomic E-state index is 11.0. The van der Waals surface area contributed by atoms with Crippen molar-refractivity contribution in [2.45, 2.75) is 6.92 Å². The Kier molecular flexibility index (Phi) is 3.67. The highest BCUT2D eigenvalue weighted by Gasteiger charge is 1.97. The normalized spacial score (nSPS) is 9.67. The molecule has 0 saturated carbocycles. The fourth-order valence-electron chi connectivity index (χ4n) is 1.05. The molecule has 0 aromatic carbocycles. The van der Waals surface area contributed by atoms with Gasteiger partial charge in [-0.1, -0.05) is 0 Å². The Morgan fingerprint density at radius 3 is 2.93 bits per heavy atom. The number of hydrogen-bond acceptors (Lipinski definition) is 4. The molecular weight excluding hydrogens is 198 g/mol. The van der Waals surface area contributed by atoms with E-state index in [-0.39, 0.29) is 5.56 Å². The molecule has 7 nitrogen and oxygen atoms in total. The van der Waals surface area contributed by atoms with Gasteiger partial charge < -0.3 is 21.4 Å². The van der Waals surface area contributed by atoms with Crippen molar-refractivity contribution in [2.75, 3.05) is 18.4 Å². The molecule has 7 heteroatoms. The molecule has 0 bridgehead atoms. The van der Waals surface area contributed by atoms with Gasteiger partial charge in [0.25, 0.3) is 5.56 Å². The molecule has 0 fully saturated rings. The first-order valence-corrected chi connectivity index (χ1v) is 4.43. The average Bonchev–Trinajstić information content (AvgIpc) is 2.10. The zero-order valence-corrected chi connectivity index (χ0v) is 8.33. The Morgan fingerprint density at radius 2 is 2.33 bits per heavy atom. The summed E-state index contributed by atoms with van der Waals surface area (Å²) in [5, 5.41) is 5.29. The molecule has 1 aromatic rings. The van der Waals surface area contributed by atoms with Crippen LogP contribution < -0.4 is 21.9 Å². The van der Waals surface area contributed by atoms with Crippen LogP contribution in [0, 0.1) is 6.92 Å². The smallest absolute Gasteiger partial charge is 0.312 e. The fourth-order valence-corrected chi connectivity index (χ4v) is 1.05. The van der Waals surface area contributed by atoms with Crippen molar-refractivity contribution in [3.05, 3.63) is 22.2 Å². The molecule has 0 spiro atoms. The molecule has 0 aliphatic heterocycles. The molecule has 0 unspecified atom stereocenters. The number of hydrogen-bond donors (Lipinski definition) is 4. The van der Waals surface area contributed by atoms with Crippen molar-refractivity contribution in [3.8, 4) is 0 Å². The molecule has 1 heterocycles. The molecule has 0 atom stereocenters. The summed E-state index contributed by atoms with van der Waals surface area (Å²) in [6.45, 7) is 2.52. The minimum Gasteiger partial charge on any atom is -0.368 e. The van der Waals surface area contributed by atoms with Crippen molar-refractivity contribution in [3.63, 3.8) is 0 Å². The SMILES string of the molecule is Cc1nc(NCCNC(N)=O)cc(=O)[nH]1. The number of nitrogens with zero attached hydrogens (tertiary/aromatic N) is 1. The number of amides is 2. The monoisotopic (exact) mass is 211 g/mol. The lowest BCUT2D eigenvalue weighted by Crippen LogP contribution is -2.33. The number of H-pyrrole nitrogens is 1. The number of aryl methyl sites for hydroxylation is 1. The molecule has 0 aliphatic rings. The van der Waals surface area contributed by atoms with Crippen molar-refractivity contribution in [2.24, 2.45) is 5.73 Å². The van der Waals surface area contributed by atoms with Crippen molar-refractivity contribution < 1.29 is 4.79 Å². The Balaban J connectivity index is 2.44. The molecule has 15 heavy (non-hydrogen) atoms. The third-order valence-corrected chi connectivity index (χ3v) is 1.59. The van der Waals surface area contributed by atoms with E-state index in [4.69, 9.17) is 5.73 Å². The van der Waals surface area contributed by atoms with E-state index in [1.807, 2.05) is 0 Å². The van der Waals surface area contributed by atoms with Crippen LogP contribution in [0.3, 0.4) is 0 Å². The Hall–Kier alpha value is -2.05. The van der Waals surface area contributed by atoms with Gasteiger partial charge in [0.05, 0.1) is 0 Å². The maximum Gasteiger partial charge on any atom is 0.312 e. The minimum atomic E-state index is -0.577.